The Kier molecular flexibility index (Phi) is 2.28. The third-order valence-electron chi connectivity index (χ3n) is 2.16. The predicted molar refractivity (Wildman–Crippen MR) is 46.2 cm³/mol. The van der Waals surface area contributed by atoms with E-state index in [0.29, 0.717) is 11.2 Å². The Bertz CT molecular complexity index is 254. The number of nitrogens with one attached hydrogen (secondary N) is 2. The van der Waals surface area contributed by atoms with Gasteiger partial charge in [-0.2, -0.15) is 0 Å². The normalized spacial score (nSPS) is 24.2. The molecule has 1 fully saturated rings. The van der Waals surface area contributed by atoms with Gasteiger partial charge in [-0.3, -0.25) is 5.10 Å². The molecule has 1 aromatic rings. The Labute approximate surface area is 75.7 Å². The summed E-state index contributed by atoms with van der Waals surface area (Å²) in [5.41, 5.74) is 0. The summed E-state index contributed by atoms with van der Waals surface area (Å²) in [6, 6.07) is 0. The zero-order valence-electron chi connectivity index (χ0n) is 6.68. The Morgan fingerprint density at radius 2 is 2.42 bits per heavy atom. The van der Waals surface area contributed by atoms with E-state index in [4.69, 9.17) is 11.6 Å². The van der Waals surface area contributed by atoms with Gasteiger partial charge >= 0.3 is 0 Å². The van der Waals surface area contributed by atoms with Crippen molar-refractivity contribution in [3.05, 3.63) is 11.1 Å². The molecule has 1 aliphatic heterocycles. The van der Waals surface area contributed by atoms with E-state index in [-0.39, 0.29) is 0 Å². The Morgan fingerprint density at radius 3 is 3.00 bits per heavy atom. The Balaban J connectivity index is 2.08. The molecule has 0 aliphatic carbocycles. The van der Waals surface area contributed by atoms with Crippen LogP contribution >= 0.6 is 11.6 Å². The van der Waals surface area contributed by atoms with Crippen LogP contribution in [0.25, 0.3) is 0 Å². The highest BCUT2D eigenvalue weighted by molar-refractivity contribution is 6.28. The van der Waals surface area contributed by atoms with E-state index in [0.717, 1.165) is 18.9 Å². The lowest BCUT2D eigenvalue weighted by Crippen LogP contribution is -2.28. The van der Waals surface area contributed by atoms with Gasteiger partial charge in [-0.25, -0.2) is 4.98 Å². The zero-order chi connectivity index (χ0) is 8.39. The standard InChI is InChI=1S/C7H11ClN4/c8-7-10-6(11-12-7)5-2-1-3-9-4-5/h5,9H,1-4H2,(H,10,11,12). The van der Waals surface area contributed by atoms with Crippen LogP contribution in [-0.2, 0) is 0 Å². The fourth-order valence-corrected chi connectivity index (χ4v) is 1.65. The molecular formula is C7H11ClN4. The van der Waals surface area contributed by atoms with Crippen LogP contribution < -0.4 is 5.32 Å². The molecule has 1 aromatic heterocycles. The molecule has 1 unspecified atom stereocenters. The number of halogens is 1. The number of aromatic amines is 1. The Hall–Kier alpha value is -0.610. The summed E-state index contributed by atoms with van der Waals surface area (Å²) in [4.78, 5) is 4.09. The lowest BCUT2D eigenvalue weighted by molar-refractivity contribution is 0.447. The minimum Gasteiger partial charge on any atom is -0.316 e. The van der Waals surface area contributed by atoms with Crippen LogP contribution in [0.5, 0.6) is 0 Å². The van der Waals surface area contributed by atoms with Crippen molar-refractivity contribution in [3.63, 3.8) is 0 Å². The lowest BCUT2D eigenvalue weighted by atomic mass is 9.99. The maximum atomic E-state index is 5.61. The first kappa shape index (κ1) is 8.01. The molecule has 5 heteroatoms. The monoisotopic (exact) mass is 186 g/mol. The van der Waals surface area contributed by atoms with Crippen molar-refractivity contribution in [1.82, 2.24) is 20.5 Å². The van der Waals surface area contributed by atoms with Crippen LogP contribution in [0.4, 0.5) is 0 Å². The number of nitrogens with zero attached hydrogens (tertiary/aromatic N) is 2. The largest absolute Gasteiger partial charge is 0.316 e. The molecule has 0 bridgehead atoms. The average molecular weight is 187 g/mol. The molecule has 0 radical (unpaired) electrons. The van der Waals surface area contributed by atoms with Crippen molar-refractivity contribution < 1.29 is 0 Å². The second kappa shape index (κ2) is 3.41. The summed E-state index contributed by atoms with van der Waals surface area (Å²) in [6.07, 6.45) is 2.36. The fourth-order valence-electron chi connectivity index (χ4n) is 1.52. The number of rotatable bonds is 1. The van der Waals surface area contributed by atoms with Gasteiger partial charge in [0.1, 0.15) is 5.82 Å². The fraction of sp³-hybridized carbons (Fsp3) is 0.714. The van der Waals surface area contributed by atoms with Gasteiger partial charge in [-0.05, 0) is 31.0 Å². The summed E-state index contributed by atoms with van der Waals surface area (Å²) >= 11 is 5.61. The molecule has 2 rings (SSSR count). The number of piperidine rings is 1. The molecule has 12 heavy (non-hydrogen) atoms. The van der Waals surface area contributed by atoms with Crippen molar-refractivity contribution in [1.29, 1.82) is 0 Å². The molecule has 2 heterocycles. The summed E-state index contributed by atoms with van der Waals surface area (Å²) in [7, 11) is 0. The van der Waals surface area contributed by atoms with Gasteiger partial charge in [0.25, 0.3) is 0 Å². The molecular weight excluding hydrogens is 176 g/mol. The van der Waals surface area contributed by atoms with Gasteiger partial charge in [0.05, 0.1) is 0 Å². The van der Waals surface area contributed by atoms with Gasteiger partial charge in [0.15, 0.2) is 0 Å². The molecule has 0 spiro atoms. The van der Waals surface area contributed by atoms with E-state index in [9.17, 15) is 0 Å². The van der Waals surface area contributed by atoms with Crippen LogP contribution in [-0.4, -0.2) is 28.3 Å². The van der Waals surface area contributed by atoms with Crippen molar-refractivity contribution >= 4 is 11.6 Å². The van der Waals surface area contributed by atoms with Crippen LogP contribution in [0.3, 0.4) is 0 Å². The van der Waals surface area contributed by atoms with Crippen molar-refractivity contribution in [3.8, 4) is 0 Å². The molecule has 0 amide bonds. The van der Waals surface area contributed by atoms with Crippen LogP contribution in [0.15, 0.2) is 0 Å². The number of hydrogen-bond donors (Lipinski definition) is 2. The molecule has 0 saturated carbocycles. The minimum absolute atomic E-state index is 0.315. The van der Waals surface area contributed by atoms with Gasteiger partial charge in [0, 0.05) is 12.5 Å². The maximum absolute atomic E-state index is 5.61. The number of hydrogen-bond acceptors (Lipinski definition) is 3. The molecule has 1 saturated heterocycles. The average Bonchev–Trinajstić information content (AvgIpc) is 2.54. The topological polar surface area (TPSA) is 53.6 Å². The van der Waals surface area contributed by atoms with Crippen molar-refractivity contribution in [2.24, 2.45) is 0 Å². The summed E-state index contributed by atoms with van der Waals surface area (Å²) < 4.78 is 0. The van der Waals surface area contributed by atoms with E-state index in [1.165, 1.54) is 12.8 Å². The number of H-pyrrole nitrogens is 1. The summed E-state index contributed by atoms with van der Waals surface area (Å²) in [5.74, 6) is 1.37. The van der Waals surface area contributed by atoms with Crippen LogP contribution in [0, 0.1) is 0 Å². The third kappa shape index (κ3) is 1.59. The highest BCUT2D eigenvalue weighted by atomic mass is 35.5. The quantitative estimate of drug-likeness (QED) is 0.686. The van der Waals surface area contributed by atoms with Gasteiger partial charge < -0.3 is 5.32 Å². The maximum Gasteiger partial charge on any atom is 0.242 e. The first-order valence-corrected chi connectivity index (χ1v) is 4.52. The van der Waals surface area contributed by atoms with Crippen LogP contribution in [0.1, 0.15) is 24.6 Å². The van der Waals surface area contributed by atoms with E-state index in [1.54, 1.807) is 0 Å². The molecule has 2 N–H and O–H groups in total. The summed E-state index contributed by atoms with van der Waals surface area (Å²) in [5, 5.41) is 10.3. The van der Waals surface area contributed by atoms with Gasteiger partial charge in [-0.15, -0.1) is 5.10 Å². The molecule has 66 valence electrons. The van der Waals surface area contributed by atoms with Crippen LogP contribution in [0.2, 0.25) is 5.28 Å². The van der Waals surface area contributed by atoms with E-state index in [2.05, 4.69) is 20.5 Å². The lowest BCUT2D eigenvalue weighted by Gasteiger charge is -2.19. The predicted octanol–water partition coefficient (Wildman–Crippen LogP) is 0.925. The second-order valence-corrected chi connectivity index (χ2v) is 3.37. The van der Waals surface area contributed by atoms with E-state index >= 15 is 0 Å². The SMILES string of the molecule is Clc1n[nH]c(C2CCCNC2)n1. The second-order valence-electron chi connectivity index (χ2n) is 3.03. The van der Waals surface area contributed by atoms with Gasteiger partial charge in [0.2, 0.25) is 5.28 Å². The zero-order valence-corrected chi connectivity index (χ0v) is 7.43. The van der Waals surface area contributed by atoms with Gasteiger partial charge in [-0.1, -0.05) is 0 Å². The van der Waals surface area contributed by atoms with E-state index < -0.39 is 0 Å². The first-order valence-electron chi connectivity index (χ1n) is 4.15. The minimum atomic E-state index is 0.315. The molecule has 1 aliphatic rings. The smallest absolute Gasteiger partial charge is 0.242 e. The van der Waals surface area contributed by atoms with Crippen molar-refractivity contribution in [2.45, 2.75) is 18.8 Å². The number of aromatic nitrogens is 3. The first-order chi connectivity index (χ1) is 5.86. The summed E-state index contributed by atoms with van der Waals surface area (Å²) in [6.45, 7) is 2.09. The molecule has 4 nitrogen and oxygen atoms in total. The highest BCUT2D eigenvalue weighted by Crippen LogP contribution is 2.20. The van der Waals surface area contributed by atoms with E-state index in [1.807, 2.05) is 0 Å². The Morgan fingerprint density at radius 1 is 1.50 bits per heavy atom. The van der Waals surface area contributed by atoms with Crippen molar-refractivity contribution in [2.75, 3.05) is 13.1 Å². The third-order valence-corrected chi connectivity index (χ3v) is 2.33. The molecule has 1 atom stereocenters. The highest BCUT2D eigenvalue weighted by Gasteiger charge is 2.18. The molecule has 0 aromatic carbocycles.